The summed E-state index contributed by atoms with van der Waals surface area (Å²) in [5, 5.41) is 1.09. The molecule has 19 heavy (non-hydrogen) atoms. The Kier molecular flexibility index (Phi) is 4.32. The number of benzene rings is 1. The van der Waals surface area contributed by atoms with Crippen molar-refractivity contribution in [1.82, 2.24) is 0 Å². The number of halogens is 2. The third kappa shape index (κ3) is 4.05. The van der Waals surface area contributed by atoms with E-state index in [4.69, 9.17) is 23.2 Å². The van der Waals surface area contributed by atoms with Crippen LogP contribution in [0.4, 0.5) is 0 Å². The van der Waals surface area contributed by atoms with Gasteiger partial charge in [-0.1, -0.05) is 43.1 Å². The highest BCUT2D eigenvalue weighted by Gasteiger charge is 2.29. The molecule has 0 bridgehead atoms. The van der Waals surface area contributed by atoms with Gasteiger partial charge in [0.25, 0.3) is 0 Å². The highest BCUT2D eigenvalue weighted by Crippen LogP contribution is 2.32. The lowest BCUT2D eigenvalue weighted by Crippen LogP contribution is -2.29. The van der Waals surface area contributed by atoms with Gasteiger partial charge in [-0.25, -0.2) is 0 Å². The largest absolute Gasteiger partial charge is 0.299 e. The summed E-state index contributed by atoms with van der Waals surface area (Å²) in [6.45, 7) is 4.77. The molecule has 0 aliphatic heterocycles. The van der Waals surface area contributed by atoms with Crippen molar-refractivity contribution in [3.8, 4) is 0 Å². The van der Waals surface area contributed by atoms with Crippen LogP contribution in [-0.2, 0) is 11.3 Å². The number of hydrogen-bond acceptors (Lipinski definition) is 2. The van der Waals surface area contributed by atoms with E-state index in [9.17, 15) is 4.79 Å². The van der Waals surface area contributed by atoms with Gasteiger partial charge in [-0.05, 0) is 29.5 Å². The molecule has 0 radical (unpaired) electrons. The predicted molar refractivity (Wildman–Crippen MR) is 80.2 cm³/mol. The van der Waals surface area contributed by atoms with E-state index in [1.165, 1.54) is 0 Å². The van der Waals surface area contributed by atoms with E-state index in [0.717, 1.165) is 17.7 Å². The van der Waals surface area contributed by atoms with Crippen LogP contribution >= 0.6 is 23.2 Å². The molecule has 0 heterocycles. The first-order valence-electron chi connectivity index (χ1n) is 6.33. The van der Waals surface area contributed by atoms with Gasteiger partial charge < -0.3 is 0 Å². The zero-order chi connectivity index (χ0) is 14.0. The van der Waals surface area contributed by atoms with Gasteiger partial charge in [0.1, 0.15) is 5.78 Å². The molecule has 0 aromatic heterocycles. The standard InChI is InChI=1S/C15H17Cl2NO/c1-15(2)7-11(6-12(19)8-15)18-9-10-3-4-13(16)14(17)5-10/h3-5H,6-9H2,1-2H3. The van der Waals surface area contributed by atoms with Crippen molar-refractivity contribution in [3.63, 3.8) is 0 Å². The van der Waals surface area contributed by atoms with Gasteiger partial charge in [0.05, 0.1) is 16.6 Å². The molecule has 1 aromatic carbocycles. The van der Waals surface area contributed by atoms with Gasteiger partial charge in [0.15, 0.2) is 0 Å². The highest BCUT2D eigenvalue weighted by atomic mass is 35.5. The Balaban J connectivity index is 2.09. The monoisotopic (exact) mass is 297 g/mol. The summed E-state index contributed by atoms with van der Waals surface area (Å²) < 4.78 is 0. The van der Waals surface area contributed by atoms with Crippen LogP contribution in [0.15, 0.2) is 23.2 Å². The Bertz CT molecular complexity index is 535. The fourth-order valence-corrected chi connectivity index (χ4v) is 2.77. The number of nitrogens with zero attached hydrogens (tertiary/aromatic N) is 1. The molecule has 1 aliphatic rings. The van der Waals surface area contributed by atoms with E-state index in [1.807, 2.05) is 12.1 Å². The van der Waals surface area contributed by atoms with Gasteiger partial charge >= 0.3 is 0 Å². The van der Waals surface area contributed by atoms with Gasteiger partial charge in [-0.2, -0.15) is 0 Å². The lowest BCUT2D eigenvalue weighted by molar-refractivity contribution is -0.120. The number of carbonyl (C=O) groups excluding carboxylic acids is 1. The van der Waals surface area contributed by atoms with Crippen molar-refractivity contribution in [1.29, 1.82) is 0 Å². The van der Waals surface area contributed by atoms with Gasteiger partial charge in [0.2, 0.25) is 0 Å². The van der Waals surface area contributed by atoms with Crippen LogP contribution < -0.4 is 0 Å². The molecule has 2 rings (SSSR count). The summed E-state index contributed by atoms with van der Waals surface area (Å²) >= 11 is 11.8. The van der Waals surface area contributed by atoms with Crippen LogP contribution in [0.3, 0.4) is 0 Å². The SMILES string of the molecule is CC1(C)CC(=O)CC(=NCc2ccc(Cl)c(Cl)c2)C1. The van der Waals surface area contributed by atoms with Gasteiger partial charge in [-0.15, -0.1) is 0 Å². The van der Waals surface area contributed by atoms with E-state index < -0.39 is 0 Å². The van der Waals surface area contributed by atoms with E-state index in [1.54, 1.807) is 6.07 Å². The predicted octanol–water partition coefficient (Wildman–Crippen LogP) is 4.71. The van der Waals surface area contributed by atoms with E-state index in [0.29, 0.717) is 29.4 Å². The molecule has 102 valence electrons. The number of carbonyl (C=O) groups is 1. The van der Waals surface area contributed by atoms with Gasteiger partial charge in [0, 0.05) is 18.6 Å². The van der Waals surface area contributed by atoms with Crippen molar-refractivity contribution >= 4 is 34.7 Å². The zero-order valence-corrected chi connectivity index (χ0v) is 12.7. The zero-order valence-electron chi connectivity index (χ0n) is 11.2. The topological polar surface area (TPSA) is 29.4 Å². The van der Waals surface area contributed by atoms with Crippen molar-refractivity contribution in [3.05, 3.63) is 33.8 Å². The molecule has 1 aliphatic carbocycles. The number of ketones is 1. The Morgan fingerprint density at radius 1 is 1.21 bits per heavy atom. The number of hydrogen-bond donors (Lipinski definition) is 0. The van der Waals surface area contributed by atoms with Crippen molar-refractivity contribution in [2.75, 3.05) is 0 Å². The molecule has 0 saturated heterocycles. The fraction of sp³-hybridized carbons (Fsp3) is 0.467. The minimum absolute atomic E-state index is 0.0335. The quantitative estimate of drug-likeness (QED) is 0.777. The molecule has 0 N–H and O–H groups in total. The molecule has 1 aromatic rings. The first kappa shape index (κ1) is 14.5. The summed E-state index contributed by atoms with van der Waals surface area (Å²) in [6.07, 6.45) is 2.03. The summed E-state index contributed by atoms with van der Waals surface area (Å²) in [4.78, 5) is 16.2. The summed E-state index contributed by atoms with van der Waals surface area (Å²) in [7, 11) is 0. The molecule has 0 unspecified atom stereocenters. The molecule has 0 spiro atoms. The molecular weight excluding hydrogens is 281 g/mol. The maximum Gasteiger partial charge on any atom is 0.139 e. The lowest BCUT2D eigenvalue weighted by atomic mass is 9.76. The Morgan fingerprint density at radius 2 is 1.95 bits per heavy atom. The minimum Gasteiger partial charge on any atom is -0.299 e. The second kappa shape index (κ2) is 5.64. The summed E-state index contributed by atoms with van der Waals surface area (Å²) in [5.74, 6) is 0.282. The highest BCUT2D eigenvalue weighted by molar-refractivity contribution is 6.42. The molecule has 2 nitrogen and oxygen atoms in total. The minimum atomic E-state index is 0.0335. The maximum atomic E-state index is 11.7. The average molecular weight is 298 g/mol. The molecular formula is C15H17Cl2NO. The molecule has 4 heteroatoms. The van der Waals surface area contributed by atoms with E-state index >= 15 is 0 Å². The fourth-order valence-electron chi connectivity index (χ4n) is 2.45. The molecule has 1 saturated carbocycles. The number of rotatable bonds is 2. The maximum absolute atomic E-state index is 11.7. The van der Waals surface area contributed by atoms with Crippen LogP contribution in [0.25, 0.3) is 0 Å². The van der Waals surface area contributed by atoms with Gasteiger partial charge in [-0.3, -0.25) is 9.79 Å². The van der Waals surface area contributed by atoms with Crippen molar-refractivity contribution < 1.29 is 4.79 Å². The summed E-state index contributed by atoms with van der Waals surface area (Å²) in [5.41, 5.74) is 2.04. The second-order valence-electron chi connectivity index (χ2n) is 5.86. The molecule has 1 fully saturated rings. The third-order valence-corrected chi connectivity index (χ3v) is 3.97. The lowest BCUT2D eigenvalue weighted by Gasteiger charge is -2.29. The smallest absolute Gasteiger partial charge is 0.139 e. The Labute approximate surface area is 123 Å². The van der Waals surface area contributed by atoms with Crippen molar-refractivity contribution in [2.24, 2.45) is 10.4 Å². The number of aliphatic imine (C=N–C) groups is 1. The van der Waals surface area contributed by atoms with Crippen molar-refractivity contribution in [2.45, 2.75) is 39.7 Å². The van der Waals surface area contributed by atoms with Crippen LogP contribution in [0, 0.1) is 5.41 Å². The van der Waals surface area contributed by atoms with Crippen LogP contribution in [0.1, 0.15) is 38.7 Å². The first-order valence-corrected chi connectivity index (χ1v) is 7.09. The third-order valence-electron chi connectivity index (χ3n) is 3.23. The van der Waals surface area contributed by atoms with Crippen LogP contribution in [-0.4, -0.2) is 11.5 Å². The van der Waals surface area contributed by atoms with Crippen LogP contribution in [0.5, 0.6) is 0 Å². The molecule has 0 amide bonds. The normalized spacial score (nSPS) is 20.8. The Morgan fingerprint density at radius 3 is 2.58 bits per heavy atom. The molecule has 0 atom stereocenters. The summed E-state index contributed by atoms with van der Waals surface area (Å²) in [6, 6.07) is 5.51. The Hall–Kier alpha value is -0.860. The first-order chi connectivity index (χ1) is 8.85. The average Bonchev–Trinajstić information content (AvgIpc) is 2.28. The second-order valence-corrected chi connectivity index (χ2v) is 6.68. The number of Topliss-reactive ketones (excluding diaryl/α,β-unsaturated/α-hetero) is 1. The van der Waals surface area contributed by atoms with E-state index in [-0.39, 0.29) is 11.2 Å². The van der Waals surface area contributed by atoms with E-state index in [2.05, 4.69) is 18.8 Å². The van der Waals surface area contributed by atoms with Crippen LogP contribution in [0.2, 0.25) is 10.0 Å².